The van der Waals surface area contributed by atoms with E-state index in [4.69, 9.17) is 9.98 Å². The van der Waals surface area contributed by atoms with Crippen LogP contribution in [0.1, 0.15) is 127 Å². The van der Waals surface area contributed by atoms with E-state index in [0.717, 1.165) is 19.3 Å². The molecule has 0 aliphatic heterocycles. The van der Waals surface area contributed by atoms with E-state index in [2.05, 4.69) is 106 Å². The first-order valence-corrected chi connectivity index (χ1v) is 15.0. The third-order valence-electron chi connectivity index (χ3n) is 8.09. The summed E-state index contributed by atoms with van der Waals surface area (Å²) in [5, 5.41) is 0. The lowest BCUT2D eigenvalue weighted by Gasteiger charge is -2.26. The molecule has 208 valence electrons. The lowest BCUT2D eigenvalue weighted by atomic mass is 9.81. The molecule has 0 N–H and O–H groups in total. The molecule has 0 bridgehead atoms. The normalized spacial score (nSPS) is 18.9. The third-order valence-corrected chi connectivity index (χ3v) is 8.09. The minimum Gasteiger partial charge on any atom is -0.253 e. The molecule has 0 saturated heterocycles. The van der Waals surface area contributed by atoms with Gasteiger partial charge in [-0.25, -0.2) is 0 Å². The van der Waals surface area contributed by atoms with E-state index in [1.54, 1.807) is 0 Å². The quantitative estimate of drug-likeness (QED) is 0.381. The standard InChI is InChI=1S/C37H50N2/c1-24-13-11-15-30(17-24)38-34-26(3)19-28(22-32(34)36(5,6)7)21-29-20-27(4)35(33(23-29)37(8,9)10)39-31-16-12-14-25(2)18-31/h17-20,22-23H,11-16,21H2,1-10H3. The summed E-state index contributed by atoms with van der Waals surface area (Å²) in [7, 11) is 0. The molecule has 0 saturated carbocycles. The van der Waals surface area contributed by atoms with Gasteiger partial charge in [-0.05, 0) is 129 Å². The van der Waals surface area contributed by atoms with Crippen LogP contribution < -0.4 is 0 Å². The number of hydrogen-bond acceptors (Lipinski definition) is 2. The molecular formula is C37H50N2. The second kappa shape index (κ2) is 11.4. The minimum absolute atomic E-state index is 0.0195. The Balaban J connectivity index is 1.76. The Hall–Kier alpha value is -2.74. The summed E-state index contributed by atoms with van der Waals surface area (Å²) in [5.41, 5.74) is 15.7. The van der Waals surface area contributed by atoms with Gasteiger partial charge >= 0.3 is 0 Å². The lowest BCUT2D eigenvalue weighted by Crippen LogP contribution is -2.14. The molecule has 4 rings (SSSR count). The van der Waals surface area contributed by atoms with E-state index in [9.17, 15) is 0 Å². The van der Waals surface area contributed by atoms with Crippen LogP contribution in [0.25, 0.3) is 0 Å². The Morgan fingerprint density at radius 3 is 1.28 bits per heavy atom. The summed E-state index contributed by atoms with van der Waals surface area (Å²) < 4.78 is 0. The SMILES string of the molecule is CC1=CC(=Nc2c(C)cc(Cc3cc(C)c(N=C4C=C(C)CCC4)c(C(C)(C)C)c3)cc2C(C)(C)C)CCC1. The van der Waals surface area contributed by atoms with E-state index in [1.807, 2.05) is 0 Å². The first kappa shape index (κ1) is 29.2. The smallest absolute Gasteiger partial charge is 0.0699 e. The van der Waals surface area contributed by atoms with Gasteiger partial charge in [0.15, 0.2) is 0 Å². The zero-order valence-electron chi connectivity index (χ0n) is 26.3. The molecule has 2 aromatic carbocycles. The van der Waals surface area contributed by atoms with Crippen LogP contribution in [-0.4, -0.2) is 11.4 Å². The first-order chi connectivity index (χ1) is 18.2. The van der Waals surface area contributed by atoms with Crippen molar-refractivity contribution in [1.29, 1.82) is 0 Å². The van der Waals surface area contributed by atoms with Crippen LogP contribution in [-0.2, 0) is 17.3 Å². The maximum Gasteiger partial charge on any atom is 0.0699 e. The van der Waals surface area contributed by atoms with Crippen molar-refractivity contribution in [2.45, 2.75) is 125 Å². The average molecular weight is 523 g/mol. The molecule has 0 unspecified atom stereocenters. The fraction of sp³-hybridized carbons (Fsp3) is 0.514. The summed E-state index contributed by atoms with van der Waals surface area (Å²) in [6, 6.07) is 9.57. The third kappa shape index (κ3) is 7.27. The monoisotopic (exact) mass is 522 g/mol. The molecule has 0 aromatic heterocycles. The zero-order valence-corrected chi connectivity index (χ0v) is 26.3. The number of allylic oxidation sites excluding steroid dienone is 4. The molecule has 0 radical (unpaired) electrons. The highest BCUT2D eigenvalue weighted by Gasteiger charge is 2.23. The molecule has 0 spiro atoms. The van der Waals surface area contributed by atoms with Crippen molar-refractivity contribution in [3.05, 3.63) is 80.9 Å². The van der Waals surface area contributed by atoms with Gasteiger partial charge in [0, 0.05) is 11.4 Å². The maximum absolute atomic E-state index is 5.24. The van der Waals surface area contributed by atoms with Crippen molar-refractivity contribution in [3.63, 3.8) is 0 Å². The molecule has 39 heavy (non-hydrogen) atoms. The molecule has 2 aliphatic rings. The zero-order chi connectivity index (χ0) is 28.5. The second-order valence-electron chi connectivity index (χ2n) is 14.2. The number of rotatable bonds is 4. The maximum atomic E-state index is 5.24. The molecule has 0 fully saturated rings. The Bertz CT molecular complexity index is 1260. The summed E-state index contributed by atoms with van der Waals surface area (Å²) in [6.07, 6.45) is 12.5. The van der Waals surface area contributed by atoms with E-state index in [-0.39, 0.29) is 10.8 Å². The predicted octanol–water partition coefficient (Wildman–Crippen LogP) is 10.9. The van der Waals surface area contributed by atoms with Gasteiger partial charge in [0.05, 0.1) is 11.4 Å². The fourth-order valence-corrected chi connectivity index (χ4v) is 6.01. The van der Waals surface area contributed by atoms with Crippen LogP contribution in [0.15, 0.2) is 57.5 Å². The lowest BCUT2D eigenvalue weighted by molar-refractivity contribution is 0.589. The van der Waals surface area contributed by atoms with Gasteiger partial charge < -0.3 is 0 Å². The van der Waals surface area contributed by atoms with Crippen LogP contribution in [0.3, 0.4) is 0 Å². The number of nitrogens with zero attached hydrogens (tertiary/aromatic N) is 2. The van der Waals surface area contributed by atoms with Crippen molar-refractivity contribution in [3.8, 4) is 0 Å². The van der Waals surface area contributed by atoms with Crippen molar-refractivity contribution in [1.82, 2.24) is 0 Å². The first-order valence-electron chi connectivity index (χ1n) is 15.0. The van der Waals surface area contributed by atoms with Crippen LogP contribution in [0.4, 0.5) is 11.4 Å². The number of benzene rings is 2. The van der Waals surface area contributed by atoms with Crippen LogP contribution in [0.2, 0.25) is 0 Å². The van der Waals surface area contributed by atoms with Gasteiger partial charge in [0.25, 0.3) is 0 Å². The van der Waals surface area contributed by atoms with Crippen molar-refractivity contribution in [2.24, 2.45) is 9.98 Å². The van der Waals surface area contributed by atoms with Gasteiger partial charge in [-0.3, -0.25) is 9.98 Å². The molecule has 2 aromatic rings. The van der Waals surface area contributed by atoms with Crippen molar-refractivity contribution < 1.29 is 0 Å². The predicted molar refractivity (Wildman–Crippen MR) is 172 cm³/mol. The molecule has 2 aliphatic carbocycles. The molecule has 0 atom stereocenters. The Morgan fingerprint density at radius 1 is 0.564 bits per heavy atom. The molecule has 2 heteroatoms. The number of aliphatic imine (C=N–C) groups is 2. The van der Waals surface area contributed by atoms with Gasteiger partial charge in [0.1, 0.15) is 0 Å². The molecule has 0 amide bonds. The van der Waals surface area contributed by atoms with E-state index >= 15 is 0 Å². The molecular weight excluding hydrogens is 472 g/mol. The summed E-state index contributed by atoms with van der Waals surface area (Å²) >= 11 is 0. The van der Waals surface area contributed by atoms with E-state index in [1.165, 1.54) is 93.0 Å². The summed E-state index contributed by atoms with van der Waals surface area (Å²) in [5.74, 6) is 0. The van der Waals surface area contributed by atoms with Gasteiger partial charge in [-0.1, -0.05) is 77.0 Å². The summed E-state index contributed by atoms with van der Waals surface area (Å²) in [6.45, 7) is 22.8. The Labute approximate surface area is 238 Å². The fourth-order valence-electron chi connectivity index (χ4n) is 6.01. The van der Waals surface area contributed by atoms with Crippen molar-refractivity contribution >= 4 is 22.8 Å². The number of aryl methyl sites for hydroxylation is 2. The van der Waals surface area contributed by atoms with Gasteiger partial charge in [-0.2, -0.15) is 0 Å². The van der Waals surface area contributed by atoms with Crippen LogP contribution in [0.5, 0.6) is 0 Å². The molecule has 2 nitrogen and oxygen atoms in total. The average Bonchev–Trinajstić information content (AvgIpc) is 2.81. The minimum atomic E-state index is 0.0195. The number of hydrogen-bond donors (Lipinski definition) is 0. The van der Waals surface area contributed by atoms with Crippen LogP contribution >= 0.6 is 0 Å². The Kier molecular flexibility index (Phi) is 8.55. The van der Waals surface area contributed by atoms with Gasteiger partial charge in [0.2, 0.25) is 0 Å². The topological polar surface area (TPSA) is 24.7 Å². The summed E-state index contributed by atoms with van der Waals surface area (Å²) in [4.78, 5) is 10.5. The second-order valence-corrected chi connectivity index (χ2v) is 14.2. The van der Waals surface area contributed by atoms with Gasteiger partial charge in [-0.15, -0.1) is 0 Å². The highest BCUT2D eigenvalue weighted by Crippen LogP contribution is 2.39. The highest BCUT2D eigenvalue weighted by atomic mass is 14.8. The van der Waals surface area contributed by atoms with Crippen LogP contribution in [0, 0.1) is 13.8 Å². The van der Waals surface area contributed by atoms with Crippen molar-refractivity contribution in [2.75, 3.05) is 0 Å². The van der Waals surface area contributed by atoms with E-state index < -0.39 is 0 Å². The Morgan fingerprint density at radius 2 is 0.949 bits per heavy atom. The van der Waals surface area contributed by atoms with E-state index in [0.29, 0.717) is 0 Å². The molecule has 0 heterocycles. The largest absolute Gasteiger partial charge is 0.253 e. The highest BCUT2D eigenvalue weighted by molar-refractivity contribution is 5.99.